The zero-order chi connectivity index (χ0) is 22.1. The van der Waals surface area contributed by atoms with Crippen molar-refractivity contribution >= 4 is 17.5 Å². The molecule has 2 amide bonds. The molecule has 3 atom stereocenters. The predicted octanol–water partition coefficient (Wildman–Crippen LogP) is 1.47. The van der Waals surface area contributed by atoms with Crippen molar-refractivity contribution in [2.75, 3.05) is 27.2 Å². The van der Waals surface area contributed by atoms with E-state index < -0.39 is 24.0 Å². The van der Waals surface area contributed by atoms with E-state index in [9.17, 15) is 14.0 Å². The Balaban J connectivity index is 1.62. The van der Waals surface area contributed by atoms with Gasteiger partial charge < -0.3 is 15.5 Å². The van der Waals surface area contributed by atoms with E-state index in [0.717, 1.165) is 16.8 Å². The molecule has 2 aromatic heterocycles. The average molecular weight is 424 g/mol. The molecule has 0 saturated carbocycles. The molecule has 3 heterocycles. The molecule has 1 aromatic carbocycles. The molecule has 0 radical (unpaired) electrons. The maximum Gasteiger partial charge on any atom is 0.240 e. The average Bonchev–Trinajstić information content (AvgIpc) is 3.41. The molecular formula is C22H25FN6O2. The lowest BCUT2D eigenvalue weighted by atomic mass is 9.88. The number of aromatic nitrogens is 3. The van der Waals surface area contributed by atoms with Crippen LogP contribution in [0.25, 0.3) is 16.8 Å². The number of likely N-dealkylation sites (N-methyl/N-ethyl adjacent to an activating group) is 1. The lowest BCUT2D eigenvalue weighted by Gasteiger charge is -2.28. The Morgan fingerprint density at radius 1 is 1.16 bits per heavy atom. The first kappa shape index (κ1) is 20.9. The topological polar surface area (TPSA) is 96.8 Å². The van der Waals surface area contributed by atoms with Crippen molar-refractivity contribution < 1.29 is 14.0 Å². The molecule has 2 N–H and O–H groups in total. The molecule has 1 aliphatic rings. The molecule has 8 nitrogen and oxygen atoms in total. The fourth-order valence-electron chi connectivity index (χ4n) is 3.92. The summed E-state index contributed by atoms with van der Waals surface area (Å²) in [5.41, 5.74) is 9.53. The van der Waals surface area contributed by atoms with Gasteiger partial charge in [0, 0.05) is 32.4 Å². The van der Waals surface area contributed by atoms with Crippen molar-refractivity contribution in [2.45, 2.75) is 24.6 Å². The van der Waals surface area contributed by atoms with Crippen LogP contribution in [-0.2, 0) is 9.59 Å². The number of halogens is 1. The van der Waals surface area contributed by atoms with Gasteiger partial charge in [0.2, 0.25) is 11.8 Å². The molecule has 1 aliphatic heterocycles. The standard InChI is InChI=1S/C22H25FN6O2/c1-27(2)21(30)19(20(24)22(31)28-10-9-17(23)12-28)15-5-3-14(4-6-15)16-7-8-18-25-13-26-29(18)11-16/h3-8,11,13,17,19-20H,9-10,12,24H2,1-2H3. The summed E-state index contributed by atoms with van der Waals surface area (Å²) in [6.45, 7) is 0.347. The summed E-state index contributed by atoms with van der Waals surface area (Å²) >= 11 is 0. The van der Waals surface area contributed by atoms with Crippen LogP contribution in [0.5, 0.6) is 0 Å². The molecular weight excluding hydrogens is 399 g/mol. The van der Waals surface area contributed by atoms with Crippen LogP contribution in [0, 0.1) is 0 Å². The number of benzene rings is 1. The highest BCUT2D eigenvalue weighted by Crippen LogP contribution is 2.27. The third-order valence-corrected chi connectivity index (χ3v) is 5.67. The minimum atomic E-state index is -1.09. The van der Waals surface area contributed by atoms with Gasteiger partial charge in [-0.1, -0.05) is 24.3 Å². The van der Waals surface area contributed by atoms with Crippen molar-refractivity contribution in [3.05, 3.63) is 54.5 Å². The van der Waals surface area contributed by atoms with Crippen LogP contribution in [0.15, 0.2) is 48.9 Å². The van der Waals surface area contributed by atoms with E-state index in [1.807, 2.05) is 42.6 Å². The summed E-state index contributed by atoms with van der Waals surface area (Å²) in [4.78, 5) is 32.8. The maximum atomic E-state index is 13.6. The van der Waals surface area contributed by atoms with Gasteiger partial charge in [-0.15, -0.1) is 0 Å². The number of rotatable bonds is 5. The molecule has 0 bridgehead atoms. The van der Waals surface area contributed by atoms with Gasteiger partial charge >= 0.3 is 0 Å². The van der Waals surface area contributed by atoms with E-state index in [-0.39, 0.29) is 12.5 Å². The number of nitrogens with two attached hydrogens (primary N) is 1. The van der Waals surface area contributed by atoms with E-state index >= 15 is 0 Å². The monoisotopic (exact) mass is 424 g/mol. The van der Waals surface area contributed by atoms with Gasteiger partial charge in [-0.05, 0) is 29.7 Å². The molecule has 9 heteroatoms. The summed E-state index contributed by atoms with van der Waals surface area (Å²) < 4.78 is 15.3. The van der Waals surface area contributed by atoms with E-state index in [0.29, 0.717) is 18.5 Å². The zero-order valence-corrected chi connectivity index (χ0v) is 17.5. The molecule has 1 saturated heterocycles. The Hall–Kier alpha value is -3.33. The molecule has 1 fully saturated rings. The van der Waals surface area contributed by atoms with Crippen molar-refractivity contribution in [2.24, 2.45) is 5.73 Å². The minimum Gasteiger partial charge on any atom is -0.348 e. The van der Waals surface area contributed by atoms with E-state index in [2.05, 4.69) is 10.1 Å². The first-order valence-electron chi connectivity index (χ1n) is 10.1. The van der Waals surface area contributed by atoms with Crippen molar-refractivity contribution in [1.29, 1.82) is 0 Å². The number of hydrogen-bond acceptors (Lipinski definition) is 5. The number of carbonyl (C=O) groups excluding carboxylic acids is 2. The van der Waals surface area contributed by atoms with E-state index in [1.165, 1.54) is 16.1 Å². The van der Waals surface area contributed by atoms with Gasteiger partial charge in [-0.3, -0.25) is 9.59 Å². The zero-order valence-electron chi connectivity index (χ0n) is 17.5. The Labute approximate surface area is 179 Å². The van der Waals surface area contributed by atoms with Crippen LogP contribution in [0.2, 0.25) is 0 Å². The number of fused-ring (bicyclic) bond motifs is 1. The summed E-state index contributed by atoms with van der Waals surface area (Å²) in [5.74, 6) is -1.53. The van der Waals surface area contributed by atoms with Gasteiger partial charge in [-0.2, -0.15) is 5.10 Å². The van der Waals surface area contributed by atoms with Crippen LogP contribution in [0.4, 0.5) is 4.39 Å². The quantitative estimate of drug-likeness (QED) is 0.669. The number of amides is 2. The fraction of sp³-hybridized carbons (Fsp3) is 0.364. The number of likely N-dealkylation sites (tertiary alicyclic amines) is 1. The number of nitrogens with zero attached hydrogens (tertiary/aromatic N) is 5. The summed E-state index contributed by atoms with van der Waals surface area (Å²) in [5, 5.41) is 4.15. The Bertz CT molecular complexity index is 1100. The predicted molar refractivity (Wildman–Crippen MR) is 114 cm³/mol. The summed E-state index contributed by atoms with van der Waals surface area (Å²) in [6.07, 6.45) is 2.62. The van der Waals surface area contributed by atoms with Crippen LogP contribution < -0.4 is 5.73 Å². The second kappa shape index (κ2) is 8.43. The molecule has 3 unspecified atom stereocenters. The van der Waals surface area contributed by atoms with Crippen LogP contribution in [-0.4, -0.2) is 75.6 Å². The van der Waals surface area contributed by atoms with Crippen molar-refractivity contribution in [1.82, 2.24) is 24.4 Å². The summed E-state index contributed by atoms with van der Waals surface area (Å²) in [7, 11) is 3.25. The highest BCUT2D eigenvalue weighted by Gasteiger charge is 2.37. The third kappa shape index (κ3) is 4.13. The smallest absolute Gasteiger partial charge is 0.240 e. The lowest BCUT2D eigenvalue weighted by Crippen LogP contribution is -2.50. The molecule has 0 aliphatic carbocycles. The Morgan fingerprint density at radius 2 is 1.87 bits per heavy atom. The van der Waals surface area contributed by atoms with Gasteiger partial charge in [0.1, 0.15) is 18.5 Å². The number of pyridine rings is 1. The highest BCUT2D eigenvalue weighted by molar-refractivity contribution is 5.93. The summed E-state index contributed by atoms with van der Waals surface area (Å²) in [6, 6.07) is 10.1. The Morgan fingerprint density at radius 3 is 2.52 bits per heavy atom. The van der Waals surface area contributed by atoms with Crippen molar-refractivity contribution in [3.63, 3.8) is 0 Å². The SMILES string of the molecule is CN(C)C(=O)C(c1ccc(-c2ccc3ncnn3c2)cc1)C(N)C(=O)N1CCC(F)C1. The molecule has 162 valence electrons. The largest absolute Gasteiger partial charge is 0.348 e. The van der Waals surface area contributed by atoms with E-state index in [1.54, 1.807) is 18.6 Å². The number of alkyl halides is 1. The van der Waals surface area contributed by atoms with Gasteiger partial charge in [0.05, 0.1) is 12.5 Å². The minimum absolute atomic E-state index is 0.0269. The van der Waals surface area contributed by atoms with E-state index in [4.69, 9.17) is 5.73 Å². The van der Waals surface area contributed by atoms with Crippen molar-refractivity contribution in [3.8, 4) is 11.1 Å². The molecule has 0 spiro atoms. The highest BCUT2D eigenvalue weighted by atomic mass is 19.1. The first-order valence-corrected chi connectivity index (χ1v) is 10.1. The van der Waals surface area contributed by atoms with Crippen LogP contribution in [0.1, 0.15) is 17.9 Å². The van der Waals surface area contributed by atoms with Gasteiger partial charge in [0.15, 0.2) is 5.65 Å². The number of carbonyl (C=O) groups is 2. The third-order valence-electron chi connectivity index (χ3n) is 5.67. The molecule has 4 rings (SSSR count). The number of hydrogen-bond donors (Lipinski definition) is 1. The fourth-order valence-corrected chi connectivity index (χ4v) is 3.92. The Kier molecular flexibility index (Phi) is 5.69. The first-order chi connectivity index (χ1) is 14.8. The normalized spacial score (nSPS) is 18.2. The maximum absolute atomic E-state index is 13.6. The van der Waals surface area contributed by atoms with Gasteiger partial charge in [-0.25, -0.2) is 13.9 Å². The molecule has 3 aromatic rings. The van der Waals surface area contributed by atoms with Gasteiger partial charge in [0.25, 0.3) is 0 Å². The van der Waals surface area contributed by atoms with Crippen LogP contribution in [0.3, 0.4) is 0 Å². The lowest BCUT2D eigenvalue weighted by molar-refractivity contribution is -0.138. The second-order valence-corrected chi connectivity index (χ2v) is 8.01. The second-order valence-electron chi connectivity index (χ2n) is 8.01. The van der Waals surface area contributed by atoms with Crippen LogP contribution >= 0.6 is 0 Å². The molecule has 31 heavy (non-hydrogen) atoms.